The second-order valence-corrected chi connectivity index (χ2v) is 10.3. The summed E-state index contributed by atoms with van der Waals surface area (Å²) < 4.78 is 28.2. The van der Waals surface area contributed by atoms with Crippen molar-refractivity contribution in [3.63, 3.8) is 0 Å². The zero-order valence-electron chi connectivity index (χ0n) is 14.4. The van der Waals surface area contributed by atoms with Gasteiger partial charge < -0.3 is 0 Å². The third-order valence-corrected chi connectivity index (χ3v) is 8.77. The average molecular weight is 333 g/mol. The molecule has 0 spiro atoms. The molecule has 4 saturated carbocycles. The fourth-order valence-electron chi connectivity index (χ4n) is 5.74. The molecule has 1 aromatic rings. The fourth-order valence-corrected chi connectivity index (χ4v) is 7.35. The topological polar surface area (TPSA) is 37.4 Å². The highest BCUT2D eigenvalue weighted by molar-refractivity contribution is 7.89. The third-order valence-electron chi connectivity index (χ3n) is 6.81. The maximum atomic E-state index is 13.2. The highest BCUT2D eigenvalue weighted by atomic mass is 32.2. The Bertz CT molecular complexity index is 702. The van der Waals surface area contributed by atoms with Crippen LogP contribution in [0.1, 0.15) is 49.7 Å². The van der Waals surface area contributed by atoms with Gasteiger partial charge in [-0.1, -0.05) is 6.07 Å². The molecule has 5 rings (SSSR count). The summed E-state index contributed by atoms with van der Waals surface area (Å²) in [5.41, 5.74) is 2.07. The lowest BCUT2D eigenvalue weighted by molar-refractivity contribution is -0.0495. The van der Waals surface area contributed by atoms with Crippen molar-refractivity contribution in [1.29, 1.82) is 0 Å². The normalized spacial score (nSPS) is 35.9. The molecule has 0 amide bonds. The van der Waals surface area contributed by atoms with E-state index in [1.807, 2.05) is 33.0 Å². The minimum absolute atomic E-state index is 0.119. The monoisotopic (exact) mass is 333 g/mol. The van der Waals surface area contributed by atoms with Gasteiger partial charge in [-0.2, -0.15) is 4.31 Å². The lowest BCUT2D eigenvalue weighted by Crippen LogP contribution is -2.60. The van der Waals surface area contributed by atoms with Crippen LogP contribution in [0.2, 0.25) is 0 Å². The van der Waals surface area contributed by atoms with E-state index >= 15 is 0 Å². The van der Waals surface area contributed by atoms with E-state index in [2.05, 4.69) is 0 Å². The Kier molecular flexibility index (Phi) is 3.44. The largest absolute Gasteiger partial charge is 0.243 e. The quantitative estimate of drug-likeness (QED) is 0.841. The van der Waals surface area contributed by atoms with Crippen molar-refractivity contribution in [3.8, 4) is 0 Å². The van der Waals surface area contributed by atoms with E-state index in [4.69, 9.17) is 0 Å². The van der Waals surface area contributed by atoms with Crippen LogP contribution in [0.4, 0.5) is 0 Å². The Hall–Kier alpha value is -0.870. The van der Waals surface area contributed by atoms with Crippen LogP contribution < -0.4 is 0 Å². The molecule has 4 aliphatic rings. The van der Waals surface area contributed by atoms with Crippen molar-refractivity contribution in [1.82, 2.24) is 4.31 Å². The average Bonchev–Trinajstić information content (AvgIpc) is 2.47. The Morgan fingerprint density at radius 1 is 0.957 bits per heavy atom. The summed E-state index contributed by atoms with van der Waals surface area (Å²) >= 11 is 0. The summed E-state index contributed by atoms with van der Waals surface area (Å²) in [6.45, 7) is 4.01. The van der Waals surface area contributed by atoms with Gasteiger partial charge in [0, 0.05) is 12.6 Å². The molecule has 0 heterocycles. The first-order chi connectivity index (χ1) is 10.8. The van der Waals surface area contributed by atoms with Gasteiger partial charge in [-0.3, -0.25) is 0 Å². The van der Waals surface area contributed by atoms with E-state index in [0.717, 1.165) is 48.1 Å². The van der Waals surface area contributed by atoms with Crippen molar-refractivity contribution in [2.45, 2.75) is 62.8 Å². The van der Waals surface area contributed by atoms with E-state index in [-0.39, 0.29) is 5.54 Å². The predicted molar refractivity (Wildman–Crippen MR) is 91.8 cm³/mol. The zero-order valence-corrected chi connectivity index (χ0v) is 15.2. The third kappa shape index (κ3) is 2.37. The minimum atomic E-state index is -3.41. The van der Waals surface area contributed by atoms with Crippen LogP contribution in [0, 0.1) is 31.6 Å². The fraction of sp³-hybridized carbons (Fsp3) is 0.684. The first kappa shape index (κ1) is 15.6. The highest BCUT2D eigenvalue weighted by Crippen LogP contribution is 2.58. The molecule has 1 aromatic carbocycles. The molecular weight excluding hydrogens is 306 g/mol. The van der Waals surface area contributed by atoms with Gasteiger partial charge in [0.25, 0.3) is 0 Å². The smallest absolute Gasteiger partial charge is 0.207 e. The van der Waals surface area contributed by atoms with Crippen molar-refractivity contribution in [3.05, 3.63) is 29.3 Å². The molecule has 0 saturated heterocycles. The Morgan fingerprint density at radius 2 is 1.48 bits per heavy atom. The standard InChI is InChI=1S/C19H27NO2S/c1-13-4-5-18(6-14(13)2)23(21,22)20(3)19-10-15-7-16(11-19)9-17(8-15)12-19/h4-6,15-17H,7-12H2,1-3H3. The zero-order chi connectivity index (χ0) is 16.4. The molecule has 0 aromatic heterocycles. The molecular formula is C19H27NO2S. The summed E-state index contributed by atoms with van der Waals surface area (Å²) in [4.78, 5) is 0.457. The van der Waals surface area contributed by atoms with Crippen LogP contribution in [-0.2, 0) is 10.0 Å². The van der Waals surface area contributed by atoms with Gasteiger partial charge in [0.05, 0.1) is 4.90 Å². The van der Waals surface area contributed by atoms with Crippen LogP contribution >= 0.6 is 0 Å². The summed E-state index contributed by atoms with van der Waals surface area (Å²) in [6.07, 6.45) is 7.20. The molecule has 4 fully saturated rings. The number of benzene rings is 1. The van der Waals surface area contributed by atoms with Gasteiger partial charge in [-0.25, -0.2) is 8.42 Å². The van der Waals surface area contributed by atoms with Crippen LogP contribution in [0.25, 0.3) is 0 Å². The Labute approximate surface area is 140 Å². The molecule has 4 aliphatic carbocycles. The van der Waals surface area contributed by atoms with Crippen molar-refractivity contribution >= 4 is 10.0 Å². The van der Waals surface area contributed by atoms with E-state index in [0.29, 0.717) is 4.90 Å². The van der Waals surface area contributed by atoms with Gasteiger partial charge in [0.2, 0.25) is 10.0 Å². The molecule has 4 bridgehead atoms. The number of nitrogens with zero attached hydrogens (tertiary/aromatic N) is 1. The first-order valence-electron chi connectivity index (χ1n) is 8.86. The Balaban J connectivity index is 1.70. The first-order valence-corrected chi connectivity index (χ1v) is 10.3. The van der Waals surface area contributed by atoms with Gasteiger partial charge in [0.15, 0.2) is 0 Å². The highest BCUT2D eigenvalue weighted by Gasteiger charge is 2.55. The number of aryl methyl sites for hydroxylation is 2. The van der Waals surface area contributed by atoms with Crippen molar-refractivity contribution in [2.75, 3.05) is 7.05 Å². The van der Waals surface area contributed by atoms with Crippen molar-refractivity contribution in [2.24, 2.45) is 17.8 Å². The van der Waals surface area contributed by atoms with Crippen LogP contribution in [0.5, 0.6) is 0 Å². The van der Waals surface area contributed by atoms with Crippen LogP contribution in [0.15, 0.2) is 23.1 Å². The maximum absolute atomic E-state index is 13.2. The van der Waals surface area contributed by atoms with Gasteiger partial charge in [-0.15, -0.1) is 0 Å². The summed E-state index contributed by atoms with van der Waals surface area (Å²) in [5, 5.41) is 0. The minimum Gasteiger partial charge on any atom is -0.207 e. The van der Waals surface area contributed by atoms with Gasteiger partial charge in [0.1, 0.15) is 0 Å². The maximum Gasteiger partial charge on any atom is 0.243 e. The SMILES string of the molecule is Cc1ccc(S(=O)(=O)N(C)C23CC4CC(CC(C4)C2)C3)cc1C. The Morgan fingerprint density at radius 3 is 1.96 bits per heavy atom. The lowest BCUT2D eigenvalue weighted by Gasteiger charge is -2.59. The summed E-state index contributed by atoms with van der Waals surface area (Å²) in [7, 11) is -1.58. The molecule has 3 nitrogen and oxygen atoms in total. The second kappa shape index (κ2) is 5.06. The summed E-state index contributed by atoms with van der Waals surface area (Å²) in [6, 6.07) is 5.53. The lowest BCUT2D eigenvalue weighted by atomic mass is 9.53. The molecule has 23 heavy (non-hydrogen) atoms. The number of rotatable bonds is 3. The molecule has 0 radical (unpaired) electrons. The summed E-state index contributed by atoms with van der Waals surface area (Å²) in [5.74, 6) is 2.25. The molecule has 0 N–H and O–H groups in total. The van der Waals surface area contributed by atoms with E-state index < -0.39 is 10.0 Å². The molecule has 0 atom stereocenters. The second-order valence-electron chi connectivity index (χ2n) is 8.36. The molecule has 0 unspecified atom stereocenters. The predicted octanol–water partition coefficient (Wildman–Crippen LogP) is 3.89. The van der Waals surface area contributed by atoms with Crippen LogP contribution in [-0.4, -0.2) is 25.3 Å². The molecule has 126 valence electrons. The van der Waals surface area contributed by atoms with E-state index in [1.165, 1.54) is 19.3 Å². The molecule has 0 aliphatic heterocycles. The number of sulfonamides is 1. The van der Waals surface area contributed by atoms with Gasteiger partial charge in [-0.05, 0) is 93.4 Å². The van der Waals surface area contributed by atoms with Crippen LogP contribution in [0.3, 0.4) is 0 Å². The number of hydrogen-bond donors (Lipinski definition) is 0. The van der Waals surface area contributed by atoms with E-state index in [1.54, 1.807) is 10.4 Å². The van der Waals surface area contributed by atoms with E-state index in [9.17, 15) is 8.42 Å². The van der Waals surface area contributed by atoms with Crippen molar-refractivity contribution < 1.29 is 8.42 Å². The number of hydrogen-bond acceptors (Lipinski definition) is 2. The van der Waals surface area contributed by atoms with Gasteiger partial charge >= 0.3 is 0 Å². The molecule has 4 heteroatoms.